The third-order valence-electron chi connectivity index (χ3n) is 5.40. The van der Waals surface area contributed by atoms with Crippen LogP contribution >= 0.6 is 0 Å². The summed E-state index contributed by atoms with van der Waals surface area (Å²) in [6, 6.07) is 5.90. The van der Waals surface area contributed by atoms with Gasteiger partial charge in [0.2, 0.25) is 5.91 Å². The van der Waals surface area contributed by atoms with E-state index in [9.17, 15) is 13.2 Å². The van der Waals surface area contributed by atoms with Gasteiger partial charge < -0.3 is 9.88 Å². The third kappa shape index (κ3) is 4.12. The summed E-state index contributed by atoms with van der Waals surface area (Å²) in [5.74, 6) is -0.517. The Hall–Kier alpha value is -2.19. The normalized spacial score (nSPS) is 18.4. The lowest BCUT2D eigenvalue weighted by atomic mass is 9.98. The minimum atomic E-state index is -3.71. The van der Waals surface area contributed by atoms with Crippen molar-refractivity contribution in [1.82, 2.24) is 13.9 Å². The summed E-state index contributed by atoms with van der Waals surface area (Å²) in [5.41, 5.74) is 2.91. The number of hydrogen-bond donors (Lipinski definition) is 1. The van der Waals surface area contributed by atoms with Crippen LogP contribution in [0.4, 0.5) is 5.69 Å². The molecule has 1 aliphatic heterocycles. The summed E-state index contributed by atoms with van der Waals surface area (Å²) in [4.78, 5) is 16.9. The van der Waals surface area contributed by atoms with Crippen molar-refractivity contribution < 1.29 is 13.2 Å². The zero-order valence-corrected chi connectivity index (χ0v) is 17.7. The molecule has 28 heavy (non-hydrogen) atoms. The zero-order valence-electron chi connectivity index (χ0n) is 16.8. The number of imidazole rings is 1. The second-order valence-electron chi connectivity index (χ2n) is 7.69. The van der Waals surface area contributed by atoms with Gasteiger partial charge in [-0.3, -0.25) is 4.79 Å². The van der Waals surface area contributed by atoms with Crippen molar-refractivity contribution in [3.8, 4) is 0 Å². The summed E-state index contributed by atoms with van der Waals surface area (Å²) >= 11 is 0. The van der Waals surface area contributed by atoms with Crippen molar-refractivity contribution in [3.05, 3.63) is 41.9 Å². The first kappa shape index (κ1) is 20.5. The van der Waals surface area contributed by atoms with E-state index in [2.05, 4.69) is 10.3 Å². The van der Waals surface area contributed by atoms with Gasteiger partial charge in [-0.15, -0.1) is 0 Å². The van der Waals surface area contributed by atoms with Gasteiger partial charge in [0.1, 0.15) is 0 Å². The summed E-state index contributed by atoms with van der Waals surface area (Å²) in [6.45, 7) is 8.47. The van der Waals surface area contributed by atoms with Gasteiger partial charge in [-0.1, -0.05) is 12.1 Å². The molecule has 1 saturated heterocycles. The lowest BCUT2D eigenvalue weighted by Gasteiger charge is -2.30. The Morgan fingerprint density at radius 3 is 2.71 bits per heavy atom. The Kier molecular flexibility index (Phi) is 5.90. The van der Waals surface area contributed by atoms with Crippen LogP contribution in [0.3, 0.4) is 0 Å². The minimum Gasteiger partial charge on any atom is -0.334 e. The molecule has 7 nitrogen and oxygen atoms in total. The van der Waals surface area contributed by atoms with E-state index in [1.807, 2.05) is 45.9 Å². The molecule has 0 bridgehead atoms. The molecule has 1 aliphatic rings. The van der Waals surface area contributed by atoms with Crippen LogP contribution in [0.15, 0.2) is 35.7 Å². The molecule has 0 radical (unpaired) electrons. The predicted molar refractivity (Wildman–Crippen MR) is 109 cm³/mol. The van der Waals surface area contributed by atoms with Crippen molar-refractivity contribution in [3.63, 3.8) is 0 Å². The molecule has 1 fully saturated rings. The van der Waals surface area contributed by atoms with E-state index in [4.69, 9.17) is 0 Å². The maximum atomic E-state index is 13.0. The predicted octanol–water partition coefficient (Wildman–Crippen LogP) is 3.12. The lowest BCUT2D eigenvalue weighted by Crippen LogP contribution is -2.43. The van der Waals surface area contributed by atoms with Crippen molar-refractivity contribution in [2.75, 3.05) is 18.4 Å². The molecular weight excluding hydrogens is 376 g/mol. The number of sulfonamides is 1. The quantitative estimate of drug-likeness (QED) is 0.830. The number of nitrogens with zero attached hydrogens (tertiary/aromatic N) is 3. The molecule has 1 atom stereocenters. The van der Waals surface area contributed by atoms with Gasteiger partial charge in [0.15, 0.2) is 5.03 Å². The molecule has 1 amide bonds. The summed E-state index contributed by atoms with van der Waals surface area (Å²) < 4.78 is 29.1. The largest absolute Gasteiger partial charge is 0.334 e. The van der Waals surface area contributed by atoms with Crippen LogP contribution in [0, 0.1) is 19.8 Å². The van der Waals surface area contributed by atoms with Gasteiger partial charge in [-0.2, -0.15) is 4.31 Å². The Morgan fingerprint density at radius 1 is 1.29 bits per heavy atom. The molecule has 1 N–H and O–H groups in total. The molecule has 2 aromatic rings. The fraction of sp³-hybridized carbons (Fsp3) is 0.500. The van der Waals surface area contributed by atoms with Gasteiger partial charge in [0, 0.05) is 31.0 Å². The topological polar surface area (TPSA) is 84.3 Å². The maximum absolute atomic E-state index is 13.0. The van der Waals surface area contributed by atoms with Crippen LogP contribution in [-0.2, 0) is 14.8 Å². The van der Waals surface area contributed by atoms with E-state index >= 15 is 0 Å². The number of benzene rings is 1. The molecular formula is C20H28N4O3S. The highest BCUT2D eigenvalue weighted by Gasteiger charge is 2.34. The van der Waals surface area contributed by atoms with Crippen LogP contribution in [0.1, 0.15) is 43.9 Å². The SMILES string of the molecule is Cc1cccc(NC(=O)[C@@H]2CCCN(S(=O)(=O)c3cn(C(C)C)cn3)C2)c1C. The number of carbonyl (C=O) groups excluding carboxylic acids is 1. The van der Waals surface area contributed by atoms with E-state index in [-0.39, 0.29) is 29.4 Å². The van der Waals surface area contributed by atoms with E-state index in [1.54, 1.807) is 10.8 Å². The number of carbonyl (C=O) groups is 1. The molecule has 2 heterocycles. The Morgan fingerprint density at radius 2 is 2.04 bits per heavy atom. The second-order valence-corrected chi connectivity index (χ2v) is 9.58. The number of piperidine rings is 1. The third-order valence-corrected chi connectivity index (χ3v) is 7.15. The number of amides is 1. The van der Waals surface area contributed by atoms with E-state index in [0.29, 0.717) is 19.4 Å². The first-order valence-corrected chi connectivity index (χ1v) is 11.0. The first-order chi connectivity index (χ1) is 13.2. The smallest absolute Gasteiger partial charge is 0.262 e. The van der Waals surface area contributed by atoms with Crippen LogP contribution in [0.25, 0.3) is 0 Å². The van der Waals surface area contributed by atoms with Crippen molar-refractivity contribution in [2.45, 2.75) is 51.6 Å². The van der Waals surface area contributed by atoms with Gasteiger partial charge in [-0.25, -0.2) is 13.4 Å². The second kappa shape index (κ2) is 8.05. The van der Waals surface area contributed by atoms with Crippen molar-refractivity contribution in [1.29, 1.82) is 0 Å². The molecule has 0 saturated carbocycles. The van der Waals surface area contributed by atoms with Crippen LogP contribution in [0.5, 0.6) is 0 Å². The molecule has 8 heteroatoms. The Balaban J connectivity index is 1.74. The standard InChI is InChI=1S/C20H28N4O3S/c1-14(2)23-12-19(21-13-23)28(26,27)24-10-6-8-17(11-24)20(25)22-18-9-5-7-15(3)16(18)4/h5,7,9,12-14,17H,6,8,10-11H2,1-4H3,(H,22,25)/t17-/m1/s1. The van der Waals surface area contributed by atoms with Gasteiger partial charge >= 0.3 is 0 Å². The van der Waals surface area contributed by atoms with Crippen molar-refractivity contribution >= 4 is 21.6 Å². The van der Waals surface area contributed by atoms with E-state index in [1.165, 1.54) is 10.6 Å². The lowest BCUT2D eigenvalue weighted by molar-refractivity contribution is -0.120. The van der Waals surface area contributed by atoms with E-state index in [0.717, 1.165) is 16.8 Å². The molecule has 0 aliphatic carbocycles. The molecule has 0 unspecified atom stereocenters. The highest BCUT2D eigenvalue weighted by molar-refractivity contribution is 7.89. The minimum absolute atomic E-state index is 0.0387. The molecule has 1 aromatic heterocycles. The first-order valence-electron chi connectivity index (χ1n) is 9.61. The number of aryl methyl sites for hydroxylation is 1. The van der Waals surface area contributed by atoms with Gasteiger partial charge in [0.05, 0.1) is 12.2 Å². The van der Waals surface area contributed by atoms with Gasteiger partial charge in [-0.05, 0) is 57.7 Å². The number of rotatable bonds is 5. The van der Waals surface area contributed by atoms with Crippen LogP contribution < -0.4 is 5.32 Å². The number of hydrogen-bond acceptors (Lipinski definition) is 4. The van der Waals surface area contributed by atoms with Crippen LogP contribution in [0.2, 0.25) is 0 Å². The number of anilines is 1. The van der Waals surface area contributed by atoms with Crippen LogP contribution in [-0.4, -0.2) is 41.3 Å². The summed E-state index contributed by atoms with van der Waals surface area (Å²) in [6.07, 6.45) is 4.41. The van der Waals surface area contributed by atoms with Gasteiger partial charge in [0.25, 0.3) is 10.0 Å². The molecule has 152 valence electrons. The molecule has 1 aromatic carbocycles. The number of nitrogens with one attached hydrogen (secondary N) is 1. The summed E-state index contributed by atoms with van der Waals surface area (Å²) in [5, 5.41) is 3.01. The Bertz CT molecular complexity index is 966. The summed E-state index contributed by atoms with van der Waals surface area (Å²) in [7, 11) is -3.71. The fourth-order valence-electron chi connectivity index (χ4n) is 3.36. The molecule has 0 spiro atoms. The fourth-order valence-corrected chi connectivity index (χ4v) is 4.81. The monoisotopic (exact) mass is 404 g/mol. The highest BCUT2D eigenvalue weighted by Crippen LogP contribution is 2.25. The Labute approximate surface area is 166 Å². The van der Waals surface area contributed by atoms with E-state index < -0.39 is 10.0 Å². The molecule has 3 rings (SSSR count). The van der Waals surface area contributed by atoms with Crippen molar-refractivity contribution in [2.24, 2.45) is 5.92 Å². The zero-order chi connectivity index (χ0) is 20.5. The highest BCUT2D eigenvalue weighted by atomic mass is 32.2. The number of aromatic nitrogens is 2. The average Bonchev–Trinajstić information content (AvgIpc) is 3.17. The maximum Gasteiger partial charge on any atom is 0.262 e. The average molecular weight is 405 g/mol.